The highest BCUT2D eigenvalue weighted by atomic mass is 127. The minimum Gasteiger partial charge on any atom is -0.312 e. The van der Waals surface area contributed by atoms with Crippen LogP contribution in [0.1, 0.15) is 12.0 Å². The molecule has 16 heavy (non-hydrogen) atoms. The predicted octanol–water partition coefficient (Wildman–Crippen LogP) is 3.19. The molecule has 86 valence electrons. The van der Waals surface area contributed by atoms with Gasteiger partial charge in [-0.2, -0.15) is 0 Å². The number of hydrogen-bond donors (Lipinski definition) is 0. The van der Waals surface area contributed by atoms with Crippen molar-refractivity contribution in [2.24, 2.45) is 5.92 Å². The molecule has 1 amide bonds. The summed E-state index contributed by atoms with van der Waals surface area (Å²) in [5, 5.41) is 0. The zero-order valence-corrected chi connectivity index (χ0v) is 12.0. The van der Waals surface area contributed by atoms with Gasteiger partial charge in [0.2, 0.25) is 5.91 Å². The van der Waals surface area contributed by atoms with Crippen LogP contribution in [0.2, 0.25) is 0 Å². The molecule has 1 aliphatic rings. The van der Waals surface area contributed by atoms with Gasteiger partial charge < -0.3 is 4.90 Å². The average molecular weight is 350 g/mol. The first kappa shape index (κ1) is 12.2. The van der Waals surface area contributed by atoms with Gasteiger partial charge in [0.05, 0.1) is 0 Å². The molecule has 0 bridgehead atoms. The molecule has 1 saturated heterocycles. The van der Waals surface area contributed by atoms with E-state index in [2.05, 4.69) is 35.6 Å². The standard InChI is InChI=1S/C12H13ClINO/c1-8-10(14)3-2-4-11(8)15-7-9(6-13)5-12(15)16/h2-4,9H,5-7H2,1H3. The smallest absolute Gasteiger partial charge is 0.227 e. The van der Waals surface area contributed by atoms with Gasteiger partial charge in [-0.15, -0.1) is 11.6 Å². The lowest BCUT2D eigenvalue weighted by Crippen LogP contribution is -2.25. The topological polar surface area (TPSA) is 20.3 Å². The van der Waals surface area contributed by atoms with Gasteiger partial charge in [0.25, 0.3) is 0 Å². The Hall–Kier alpha value is -0.290. The Kier molecular flexibility index (Phi) is 3.74. The van der Waals surface area contributed by atoms with Crippen LogP contribution in [-0.4, -0.2) is 18.3 Å². The number of carbonyl (C=O) groups excluding carboxylic acids is 1. The minimum atomic E-state index is 0.191. The minimum absolute atomic E-state index is 0.191. The van der Waals surface area contributed by atoms with Crippen molar-refractivity contribution in [3.05, 3.63) is 27.3 Å². The Morgan fingerprint density at radius 3 is 2.94 bits per heavy atom. The molecule has 4 heteroatoms. The van der Waals surface area contributed by atoms with Gasteiger partial charge in [-0.05, 0) is 53.1 Å². The van der Waals surface area contributed by atoms with Crippen LogP contribution in [0.4, 0.5) is 5.69 Å². The summed E-state index contributed by atoms with van der Waals surface area (Å²) < 4.78 is 1.19. The van der Waals surface area contributed by atoms with E-state index in [0.717, 1.165) is 12.2 Å². The maximum atomic E-state index is 11.9. The van der Waals surface area contributed by atoms with E-state index in [1.54, 1.807) is 0 Å². The highest BCUT2D eigenvalue weighted by Crippen LogP contribution is 2.30. The van der Waals surface area contributed by atoms with E-state index in [1.807, 2.05) is 17.0 Å². The number of alkyl halides is 1. The van der Waals surface area contributed by atoms with E-state index in [-0.39, 0.29) is 5.91 Å². The molecule has 1 unspecified atom stereocenters. The lowest BCUT2D eigenvalue weighted by atomic mass is 10.1. The van der Waals surface area contributed by atoms with Crippen LogP contribution in [0.25, 0.3) is 0 Å². The summed E-state index contributed by atoms with van der Waals surface area (Å²) in [4.78, 5) is 13.7. The van der Waals surface area contributed by atoms with E-state index in [4.69, 9.17) is 11.6 Å². The zero-order chi connectivity index (χ0) is 11.7. The molecule has 0 aromatic heterocycles. The molecule has 2 nitrogen and oxygen atoms in total. The number of amides is 1. The highest BCUT2D eigenvalue weighted by molar-refractivity contribution is 14.1. The predicted molar refractivity (Wildman–Crippen MR) is 75.1 cm³/mol. The maximum Gasteiger partial charge on any atom is 0.227 e. The molecule has 0 saturated carbocycles. The number of carbonyl (C=O) groups is 1. The van der Waals surface area contributed by atoms with Crippen LogP contribution in [0.15, 0.2) is 18.2 Å². The van der Waals surface area contributed by atoms with Gasteiger partial charge in [-0.3, -0.25) is 4.79 Å². The van der Waals surface area contributed by atoms with Crippen molar-refractivity contribution in [1.29, 1.82) is 0 Å². The average Bonchev–Trinajstić information content (AvgIpc) is 2.64. The highest BCUT2D eigenvalue weighted by Gasteiger charge is 2.30. The van der Waals surface area contributed by atoms with E-state index >= 15 is 0 Å². The second-order valence-electron chi connectivity index (χ2n) is 4.11. The summed E-state index contributed by atoms with van der Waals surface area (Å²) in [6.07, 6.45) is 0.578. The molecule has 1 aromatic carbocycles. The van der Waals surface area contributed by atoms with Crippen LogP contribution in [0, 0.1) is 16.4 Å². The maximum absolute atomic E-state index is 11.9. The first-order chi connectivity index (χ1) is 7.63. The largest absolute Gasteiger partial charge is 0.312 e. The van der Waals surface area contributed by atoms with E-state index in [1.165, 1.54) is 9.13 Å². The van der Waals surface area contributed by atoms with Crippen LogP contribution in [0.5, 0.6) is 0 Å². The van der Waals surface area contributed by atoms with Crippen LogP contribution in [-0.2, 0) is 4.79 Å². The number of rotatable bonds is 2. The fraction of sp³-hybridized carbons (Fsp3) is 0.417. The Balaban J connectivity index is 2.31. The fourth-order valence-electron chi connectivity index (χ4n) is 2.01. The molecule has 1 aromatic rings. The third-order valence-corrected chi connectivity index (χ3v) is 4.56. The van der Waals surface area contributed by atoms with Crippen molar-refractivity contribution in [3.63, 3.8) is 0 Å². The molecule has 0 aliphatic carbocycles. The van der Waals surface area contributed by atoms with Crippen LogP contribution in [0.3, 0.4) is 0 Å². The SMILES string of the molecule is Cc1c(I)cccc1N1CC(CCl)CC1=O. The van der Waals surface area contributed by atoms with Crippen molar-refractivity contribution < 1.29 is 4.79 Å². The first-order valence-corrected chi connectivity index (χ1v) is 6.86. The molecular formula is C12H13ClINO. The van der Waals surface area contributed by atoms with Crippen molar-refractivity contribution in [2.45, 2.75) is 13.3 Å². The van der Waals surface area contributed by atoms with Gasteiger partial charge >= 0.3 is 0 Å². The Bertz CT molecular complexity index is 421. The van der Waals surface area contributed by atoms with E-state index < -0.39 is 0 Å². The van der Waals surface area contributed by atoms with Gasteiger partial charge in [-0.25, -0.2) is 0 Å². The van der Waals surface area contributed by atoms with Crippen molar-refractivity contribution >= 4 is 45.8 Å². The number of hydrogen-bond acceptors (Lipinski definition) is 1. The molecular weight excluding hydrogens is 336 g/mol. The van der Waals surface area contributed by atoms with Gasteiger partial charge in [-0.1, -0.05) is 6.07 Å². The second kappa shape index (κ2) is 4.92. The zero-order valence-electron chi connectivity index (χ0n) is 9.04. The monoisotopic (exact) mass is 349 g/mol. The lowest BCUT2D eigenvalue weighted by Gasteiger charge is -2.19. The Morgan fingerprint density at radius 2 is 2.31 bits per heavy atom. The fourth-order valence-corrected chi connectivity index (χ4v) is 2.70. The quantitative estimate of drug-likeness (QED) is 0.593. The molecule has 1 fully saturated rings. The summed E-state index contributed by atoms with van der Waals surface area (Å²) in [6, 6.07) is 6.05. The van der Waals surface area contributed by atoms with Gasteiger partial charge in [0.15, 0.2) is 0 Å². The lowest BCUT2D eigenvalue weighted by molar-refractivity contribution is -0.117. The molecule has 0 radical (unpaired) electrons. The number of benzene rings is 1. The Morgan fingerprint density at radius 1 is 1.56 bits per heavy atom. The number of anilines is 1. The van der Waals surface area contributed by atoms with Gasteiger partial charge in [0.1, 0.15) is 0 Å². The van der Waals surface area contributed by atoms with Gasteiger partial charge in [0, 0.05) is 28.1 Å². The van der Waals surface area contributed by atoms with Crippen molar-refractivity contribution in [2.75, 3.05) is 17.3 Å². The molecule has 1 atom stereocenters. The third-order valence-electron chi connectivity index (χ3n) is 2.95. The molecule has 0 spiro atoms. The summed E-state index contributed by atoms with van der Waals surface area (Å²) in [5.41, 5.74) is 2.20. The van der Waals surface area contributed by atoms with Crippen LogP contribution >= 0.6 is 34.2 Å². The second-order valence-corrected chi connectivity index (χ2v) is 5.58. The summed E-state index contributed by atoms with van der Waals surface area (Å²) in [7, 11) is 0. The van der Waals surface area contributed by atoms with E-state index in [9.17, 15) is 4.79 Å². The van der Waals surface area contributed by atoms with Crippen LogP contribution < -0.4 is 4.90 Å². The third kappa shape index (κ3) is 2.20. The van der Waals surface area contributed by atoms with Crippen molar-refractivity contribution in [1.82, 2.24) is 0 Å². The molecule has 0 N–H and O–H groups in total. The summed E-state index contributed by atoms with van der Waals surface area (Å²) in [5.74, 6) is 1.05. The van der Waals surface area contributed by atoms with E-state index in [0.29, 0.717) is 18.2 Å². The summed E-state index contributed by atoms with van der Waals surface area (Å²) in [6.45, 7) is 2.81. The first-order valence-electron chi connectivity index (χ1n) is 5.25. The number of nitrogens with zero attached hydrogens (tertiary/aromatic N) is 1. The molecule has 2 rings (SSSR count). The Labute approximate surface area is 114 Å². The van der Waals surface area contributed by atoms with Crippen molar-refractivity contribution in [3.8, 4) is 0 Å². The number of halogens is 2. The summed E-state index contributed by atoms with van der Waals surface area (Å²) >= 11 is 8.11. The normalized spacial score (nSPS) is 20.6. The molecule has 1 heterocycles. The molecule has 1 aliphatic heterocycles.